The molecule has 0 aliphatic carbocycles. The molecule has 1 aliphatic heterocycles. The molecule has 0 saturated carbocycles. The average Bonchev–Trinajstić information content (AvgIpc) is 3.13. The Morgan fingerprint density at radius 3 is 2.53 bits per heavy atom. The van der Waals surface area contributed by atoms with Gasteiger partial charge in [-0.05, 0) is 75.5 Å². The molecule has 3 N–H and O–H groups in total. The van der Waals surface area contributed by atoms with Gasteiger partial charge in [0.25, 0.3) is 5.91 Å². The van der Waals surface area contributed by atoms with Crippen molar-refractivity contribution in [1.82, 2.24) is 15.5 Å². The van der Waals surface area contributed by atoms with Crippen LogP contribution in [-0.4, -0.2) is 61.6 Å². The van der Waals surface area contributed by atoms with Crippen molar-refractivity contribution in [1.29, 1.82) is 0 Å². The number of ether oxygens (including phenoxy) is 1. The van der Waals surface area contributed by atoms with E-state index in [0.29, 0.717) is 14.9 Å². The number of rotatable bonds is 8. The normalized spacial score (nSPS) is 14.6. The minimum absolute atomic E-state index is 0.158. The highest BCUT2D eigenvalue weighted by molar-refractivity contribution is 7.18. The van der Waals surface area contributed by atoms with E-state index in [1.807, 2.05) is 12.1 Å². The number of hydrogen-bond donors (Lipinski definition) is 3. The molecule has 1 unspecified atom stereocenters. The third-order valence-corrected chi connectivity index (χ3v) is 6.69. The van der Waals surface area contributed by atoms with E-state index < -0.39 is 18.0 Å². The maximum absolute atomic E-state index is 13.1. The number of carbonyl (C=O) groups is 3. The standard InChI is InChI=1S/C24H31ClN4O4S/c1-15(2)33-24(32)26-11-8-19(28-23(31)20-6-7-21(25)34-20)22(30)27-18-5-4-16-9-12-29(3)13-10-17(16)14-18/h4-7,14-15,19H,8-13H2,1-3H3,(H,26,32)(H,27,30)(H,28,31). The van der Waals surface area contributed by atoms with Crippen LogP contribution >= 0.6 is 22.9 Å². The van der Waals surface area contributed by atoms with E-state index in [-0.39, 0.29) is 25.0 Å². The van der Waals surface area contributed by atoms with Crippen molar-refractivity contribution < 1.29 is 19.1 Å². The Balaban J connectivity index is 1.67. The molecule has 0 saturated heterocycles. The van der Waals surface area contributed by atoms with Gasteiger partial charge in [-0.1, -0.05) is 17.7 Å². The predicted molar refractivity (Wildman–Crippen MR) is 135 cm³/mol. The van der Waals surface area contributed by atoms with Crippen LogP contribution < -0.4 is 16.0 Å². The summed E-state index contributed by atoms with van der Waals surface area (Å²) in [6.07, 6.45) is 1.26. The molecular weight excluding hydrogens is 476 g/mol. The number of anilines is 1. The first-order chi connectivity index (χ1) is 16.2. The van der Waals surface area contributed by atoms with Gasteiger partial charge in [0, 0.05) is 25.3 Å². The molecule has 0 spiro atoms. The van der Waals surface area contributed by atoms with Crippen LogP contribution in [0.2, 0.25) is 4.34 Å². The summed E-state index contributed by atoms with van der Waals surface area (Å²) in [5.74, 6) is -0.757. The summed E-state index contributed by atoms with van der Waals surface area (Å²) in [4.78, 5) is 40.3. The van der Waals surface area contributed by atoms with E-state index >= 15 is 0 Å². The average molecular weight is 507 g/mol. The number of fused-ring (bicyclic) bond motifs is 1. The van der Waals surface area contributed by atoms with E-state index in [1.165, 1.54) is 11.1 Å². The second-order valence-corrected chi connectivity index (χ2v) is 10.3. The maximum atomic E-state index is 13.1. The molecule has 10 heteroatoms. The van der Waals surface area contributed by atoms with Crippen LogP contribution in [0.4, 0.5) is 10.5 Å². The van der Waals surface area contributed by atoms with Crippen molar-refractivity contribution in [2.75, 3.05) is 32.0 Å². The van der Waals surface area contributed by atoms with Crippen LogP contribution in [0, 0.1) is 0 Å². The van der Waals surface area contributed by atoms with Crippen LogP contribution in [-0.2, 0) is 22.4 Å². The number of thiophene rings is 1. The van der Waals surface area contributed by atoms with Crippen LogP contribution in [0.25, 0.3) is 0 Å². The number of amides is 3. The number of likely N-dealkylation sites (N-methyl/N-ethyl adjacent to an activating group) is 1. The highest BCUT2D eigenvalue weighted by atomic mass is 35.5. The minimum atomic E-state index is -0.863. The molecule has 2 aromatic rings. The lowest BCUT2D eigenvalue weighted by Crippen LogP contribution is -2.45. The smallest absolute Gasteiger partial charge is 0.407 e. The van der Waals surface area contributed by atoms with Crippen molar-refractivity contribution in [3.63, 3.8) is 0 Å². The first kappa shape index (κ1) is 26.0. The van der Waals surface area contributed by atoms with Crippen molar-refractivity contribution in [2.24, 2.45) is 0 Å². The largest absolute Gasteiger partial charge is 0.447 e. The zero-order valence-electron chi connectivity index (χ0n) is 19.7. The monoisotopic (exact) mass is 506 g/mol. The molecule has 1 aromatic heterocycles. The Morgan fingerprint density at radius 2 is 1.85 bits per heavy atom. The number of nitrogens with one attached hydrogen (secondary N) is 3. The van der Waals surface area contributed by atoms with Crippen LogP contribution in [0.1, 0.15) is 41.1 Å². The van der Waals surface area contributed by atoms with E-state index in [2.05, 4.69) is 34.0 Å². The molecule has 3 amide bonds. The Labute approximate surface area is 209 Å². The number of nitrogens with zero attached hydrogens (tertiary/aromatic N) is 1. The van der Waals surface area contributed by atoms with E-state index in [9.17, 15) is 14.4 Å². The zero-order chi connectivity index (χ0) is 24.7. The Bertz CT molecular complexity index is 1030. The van der Waals surface area contributed by atoms with E-state index in [1.54, 1.807) is 26.0 Å². The Morgan fingerprint density at radius 1 is 1.12 bits per heavy atom. The highest BCUT2D eigenvalue weighted by Gasteiger charge is 2.23. The number of alkyl carbamates (subject to hydrolysis) is 1. The predicted octanol–water partition coefficient (Wildman–Crippen LogP) is 3.69. The van der Waals surface area contributed by atoms with Gasteiger partial charge in [-0.2, -0.15) is 0 Å². The van der Waals surface area contributed by atoms with Gasteiger partial charge in [-0.3, -0.25) is 9.59 Å². The van der Waals surface area contributed by atoms with Gasteiger partial charge >= 0.3 is 6.09 Å². The van der Waals surface area contributed by atoms with Gasteiger partial charge in [0.1, 0.15) is 6.04 Å². The summed E-state index contributed by atoms with van der Waals surface area (Å²) in [6, 6.07) is 8.32. The summed E-state index contributed by atoms with van der Waals surface area (Å²) in [5, 5.41) is 8.30. The van der Waals surface area contributed by atoms with E-state index in [0.717, 1.165) is 37.3 Å². The van der Waals surface area contributed by atoms with Crippen LogP contribution in [0.3, 0.4) is 0 Å². The van der Waals surface area contributed by atoms with Crippen LogP contribution in [0.5, 0.6) is 0 Å². The fourth-order valence-corrected chi connectivity index (χ4v) is 4.60. The Hall–Kier alpha value is -2.62. The van der Waals surface area contributed by atoms with Crippen molar-refractivity contribution >= 4 is 46.5 Å². The number of halogens is 1. The van der Waals surface area contributed by atoms with Crippen molar-refractivity contribution in [3.05, 3.63) is 50.7 Å². The van der Waals surface area contributed by atoms with Gasteiger partial charge in [-0.25, -0.2) is 4.79 Å². The fourth-order valence-electron chi connectivity index (χ4n) is 3.65. The molecule has 1 atom stereocenters. The molecule has 1 aromatic carbocycles. The third-order valence-electron chi connectivity index (χ3n) is 5.46. The minimum Gasteiger partial charge on any atom is -0.447 e. The van der Waals surface area contributed by atoms with Crippen molar-refractivity contribution in [3.8, 4) is 0 Å². The molecule has 0 radical (unpaired) electrons. The molecule has 1 aliphatic rings. The quantitative estimate of drug-likeness (QED) is 0.507. The summed E-state index contributed by atoms with van der Waals surface area (Å²) in [5.41, 5.74) is 3.18. The lowest BCUT2D eigenvalue weighted by molar-refractivity contribution is -0.118. The highest BCUT2D eigenvalue weighted by Crippen LogP contribution is 2.22. The summed E-state index contributed by atoms with van der Waals surface area (Å²) in [7, 11) is 2.10. The van der Waals surface area contributed by atoms with Crippen LogP contribution in [0.15, 0.2) is 30.3 Å². The molecule has 0 fully saturated rings. The topological polar surface area (TPSA) is 99.8 Å². The molecular formula is C24H31ClN4O4S. The number of carbonyl (C=O) groups excluding carboxylic acids is 3. The number of benzene rings is 1. The van der Waals surface area contributed by atoms with Crippen molar-refractivity contribution in [2.45, 2.75) is 45.3 Å². The molecule has 34 heavy (non-hydrogen) atoms. The van der Waals surface area contributed by atoms with Gasteiger partial charge in [-0.15, -0.1) is 11.3 Å². The SMILES string of the molecule is CC(C)OC(=O)NCCC(NC(=O)c1ccc(Cl)s1)C(=O)Nc1ccc2c(c1)CCN(C)CC2. The molecule has 184 valence electrons. The second-order valence-electron chi connectivity index (χ2n) is 8.58. The molecule has 3 rings (SSSR count). The lowest BCUT2D eigenvalue weighted by Gasteiger charge is -2.19. The van der Waals surface area contributed by atoms with Gasteiger partial charge < -0.3 is 25.6 Å². The molecule has 2 heterocycles. The second kappa shape index (κ2) is 12.2. The summed E-state index contributed by atoms with van der Waals surface area (Å²) in [6.45, 7) is 5.63. The van der Waals surface area contributed by atoms with Gasteiger partial charge in [0.05, 0.1) is 15.3 Å². The zero-order valence-corrected chi connectivity index (χ0v) is 21.2. The Kier molecular flexibility index (Phi) is 9.32. The lowest BCUT2D eigenvalue weighted by atomic mass is 10.0. The van der Waals surface area contributed by atoms with Gasteiger partial charge in [0.2, 0.25) is 5.91 Å². The van der Waals surface area contributed by atoms with Gasteiger partial charge in [0.15, 0.2) is 0 Å². The third kappa shape index (κ3) is 7.72. The van der Waals surface area contributed by atoms with E-state index in [4.69, 9.17) is 16.3 Å². The number of hydrogen-bond acceptors (Lipinski definition) is 6. The molecule has 0 bridgehead atoms. The fraction of sp³-hybridized carbons (Fsp3) is 0.458. The maximum Gasteiger partial charge on any atom is 0.407 e. The summed E-state index contributed by atoms with van der Waals surface area (Å²) < 4.78 is 5.54. The first-order valence-electron chi connectivity index (χ1n) is 11.3. The summed E-state index contributed by atoms with van der Waals surface area (Å²) >= 11 is 7.08. The molecule has 8 nitrogen and oxygen atoms in total. The first-order valence-corrected chi connectivity index (χ1v) is 12.5.